The van der Waals surface area contributed by atoms with Crippen LogP contribution in [0.3, 0.4) is 0 Å². The monoisotopic (exact) mass is 394 g/mol. The Kier molecular flexibility index (Phi) is 8.04. The average molecular weight is 394 g/mol. The summed E-state index contributed by atoms with van der Waals surface area (Å²) in [6.07, 6.45) is 3.62. The highest BCUT2D eigenvalue weighted by Crippen LogP contribution is 2.27. The number of pyridine rings is 1. The molecule has 1 amide bonds. The molecule has 2 N–H and O–H groups in total. The third kappa shape index (κ3) is 5.82. The van der Waals surface area contributed by atoms with Crippen LogP contribution in [0.5, 0.6) is 11.5 Å². The standard InChI is InChI=1S/C20H30N2O6/c1-12(2)11-27-15-8-6-5-7-14(20(25)28-13(15)3)22-19(24)17-18(23)16(26-4)9-10-21-17/h9-10,12-15,23H,5-8,11H2,1-4H3,(H,22,24)/t13-,14-,15+/m0/s1. The molecule has 1 aliphatic rings. The predicted molar refractivity (Wildman–Crippen MR) is 102 cm³/mol. The fraction of sp³-hybridized carbons (Fsp3) is 0.650. The highest BCUT2D eigenvalue weighted by Gasteiger charge is 2.31. The van der Waals surface area contributed by atoms with Gasteiger partial charge in [-0.05, 0) is 25.7 Å². The van der Waals surface area contributed by atoms with Crippen LogP contribution in [0, 0.1) is 5.92 Å². The number of aromatic nitrogens is 1. The predicted octanol–water partition coefficient (Wildman–Crippen LogP) is 2.44. The molecule has 1 fully saturated rings. The Morgan fingerprint density at radius 2 is 2.11 bits per heavy atom. The van der Waals surface area contributed by atoms with E-state index in [4.69, 9.17) is 14.2 Å². The average Bonchev–Trinajstić information content (AvgIpc) is 2.71. The van der Waals surface area contributed by atoms with Crippen LogP contribution in [-0.2, 0) is 14.3 Å². The fourth-order valence-corrected chi connectivity index (χ4v) is 3.05. The molecule has 3 atom stereocenters. The number of carbonyl (C=O) groups is 2. The van der Waals surface area contributed by atoms with Crippen molar-refractivity contribution in [3.05, 3.63) is 18.0 Å². The Hall–Kier alpha value is -2.35. The highest BCUT2D eigenvalue weighted by atomic mass is 16.6. The van der Waals surface area contributed by atoms with Gasteiger partial charge in [-0.1, -0.05) is 26.7 Å². The zero-order valence-electron chi connectivity index (χ0n) is 16.9. The van der Waals surface area contributed by atoms with Gasteiger partial charge in [0.15, 0.2) is 17.2 Å². The molecule has 1 aromatic heterocycles. The summed E-state index contributed by atoms with van der Waals surface area (Å²) < 4.78 is 16.4. The van der Waals surface area contributed by atoms with E-state index in [1.165, 1.54) is 19.4 Å². The topological polar surface area (TPSA) is 107 Å². The van der Waals surface area contributed by atoms with E-state index in [-0.39, 0.29) is 23.3 Å². The summed E-state index contributed by atoms with van der Waals surface area (Å²) in [7, 11) is 1.38. The minimum Gasteiger partial charge on any atom is -0.503 e. The van der Waals surface area contributed by atoms with E-state index in [1.807, 2.05) is 6.92 Å². The number of hydrogen-bond acceptors (Lipinski definition) is 7. The number of nitrogens with zero attached hydrogens (tertiary/aromatic N) is 1. The zero-order chi connectivity index (χ0) is 20.7. The number of amides is 1. The number of methoxy groups -OCH3 is 1. The minimum absolute atomic E-state index is 0.135. The van der Waals surface area contributed by atoms with Crippen molar-refractivity contribution in [3.8, 4) is 11.5 Å². The van der Waals surface area contributed by atoms with E-state index in [0.717, 1.165) is 19.3 Å². The van der Waals surface area contributed by atoms with Crippen molar-refractivity contribution in [1.82, 2.24) is 10.3 Å². The Morgan fingerprint density at radius 3 is 2.79 bits per heavy atom. The Labute approximate surface area is 165 Å². The van der Waals surface area contributed by atoms with E-state index in [1.54, 1.807) is 0 Å². The van der Waals surface area contributed by atoms with Crippen molar-refractivity contribution >= 4 is 11.9 Å². The lowest BCUT2D eigenvalue weighted by atomic mass is 10.0. The molecule has 0 spiro atoms. The third-order valence-corrected chi connectivity index (χ3v) is 4.61. The van der Waals surface area contributed by atoms with E-state index < -0.39 is 24.0 Å². The second-order valence-electron chi connectivity index (χ2n) is 7.43. The molecule has 0 aliphatic carbocycles. The first-order valence-corrected chi connectivity index (χ1v) is 9.68. The molecule has 8 heteroatoms. The first-order valence-electron chi connectivity index (χ1n) is 9.68. The van der Waals surface area contributed by atoms with Crippen molar-refractivity contribution in [2.75, 3.05) is 13.7 Å². The maximum atomic E-state index is 12.6. The maximum Gasteiger partial charge on any atom is 0.329 e. The van der Waals surface area contributed by atoms with Gasteiger partial charge in [-0.15, -0.1) is 0 Å². The normalized spacial score (nSPS) is 23.3. The van der Waals surface area contributed by atoms with Crippen molar-refractivity contribution in [2.45, 2.75) is 64.7 Å². The van der Waals surface area contributed by atoms with Crippen LogP contribution >= 0.6 is 0 Å². The van der Waals surface area contributed by atoms with Crippen LogP contribution in [0.1, 0.15) is 56.9 Å². The van der Waals surface area contributed by atoms with Crippen LogP contribution in [0.25, 0.3) is 0 Å². The number of nitrogens with one attached hydrogen (secondary N) is 1. The number of carbonyl (C=O) groups excluding carboxylic acids is 2. The SMILES string of the molecule is COc1ccnc(C(=O)N[C@H]2CCCC[C@@H](OCC(C)C)[C@H](C)OC2=O)c1O. The number of cyclic esters (lactones) is 1. The number of hydrogen-bond donors (Lipinski definition) is 2. The lowest BCUT2D eigenvalue weighted by molar-refractivity contribution is -0.158. The Balaban J connectivity index is 2.06. The van der Waals surface area contributed by atoms with Crippen LogP contribution in [0.2, 0.25) is 0 Å². The van der Waals surface area contributed by atoms with Crippen LogP contribution in [-0.4, -0.2) is 53.9 Å². The quantitative estimate of drug-likeness (QED) is 0.714. The maximum absolute atomic E-state index is 12.6. The van der Waals surface area contributed by atoms with Gasteiger partial charge in [0.25, 0.3) is 5.91 Å². The minimum atomic E-state index is -0.814. The Bertz CT molecular complexity index is 679. The molecule has 0 unspecified atom stereocenters. The van der Waals surface area contributed by atoms with Gasteiger partial charge in [0.2, 0.25) is 0 Å². The fourth-order valence-electron chi connectivity index (χ4n) is 3.05. The van der Waals surface area contributed by atoms with E-state index in [2.05, 4.69) is 24.1 Å². The first kappa shape index (κ1) is 21.9. The first-order chi connectivity index (χ1) is 13.3. The summed E-state index contributed by atoms with van der Waals surface area (Å²) in [6.45, 7) is 6.55. The zero-order valence-corrected chi connectivity index (χ0v) is 16.9. The highest BCUT2D eigenvalue weighted by molar-refractivity contribution is 5.97. The second-order valence-corrected chi connectivity index (χ2v) is 7.43. The molecular weight excluding hydrogens is 364 g/mol. The van der Waals surface area contributed by atoms with Crippen LogP contribution in [0.15, 0.2) is 12.3 Å². The summed E-state index contributed by atoms with van der Waals surface area (Å²) in [4.78, 5) is 29.0. The van der Waals surface area contributed by atoms with Crippen molar-refractivity contribution < 1.29 is 28.9 Å². The van der Waals surface area contributed by atoms with E-state index in [9.17, 15) is 14.7 Å². The Morgan fingerprint density at radius 1 is 1.39 bits per heavy atom. The summed E-state index contributed by atoms with van der Waals surface area (Å²) in [5, 5.41) is 12.7. The molecule has 8 nitrogen and oxygen atoms in total. The van der Waals surface area contributed by atoms with E-state index >= 15 is 0 Å². The lowest BCUT2D eigenvalue weighted by Crippen LogP contribution is -2.44. The van der Waals surface area contributed by atoms with Crippen molar-refractivity contribution in [1.29, 1.82) is 0 Å². The second kappa shape index (κ2) is 10.3. The van der Waals surface area contributed by atoms with Gasteiger partial charge in [-0.25, -0.2) is 9.78 Å². The number of ether oxygens (including phenoxy) is 3. The molecule has 0 radical (unpaired) electrons. The van der Waals surface area contributed by atoms with Crippen LogP contribution in [0.4, 0.5) is 0 Å². The molecule has 0 aromatic carbocycles. The molecule has 1 aromatic rings. The van der Waals surface area contributed by atoms with Gasteiger partial charge < -0.3 is 24.6 Å². The number of rotatable bonds is 6. The summed E-state index contributed by atoms with van der Waals surface area (Å²) in [6, 6.07) is 0.630. The van der Waals surface area contributed by atoms with Gasteiger partial charge >= 0.3 is 5.97 Å². The molecule has 28 heavy (non-hydrogen) atoms. The van der Waals surface area contributed by atoms with E-state index in [0.29, 0.717) is 18.9 Å². The molecule has 156 valence electrons. The number of aromatic hydroxyl groups is 1. The molecule has 2 heterocycles. The molecule has 1 aliphatic heterocycles. The van der Waals surface area contributed by atoms with Gasteiger partial charge in [0.05, 0.1) is 13.2 Å². The molecule has 2 rings (SSSR count). The van der Waals surface area contributed by atoms with Gasteiger partial charge in [0, 0.05) is 18.9 Å². The molecular formula is C20H30N2O6. The molecule has 0 bridgehead atoms. The molecule has 1 saturated heterocycles. The summed E-state index contributed by atoms with van der Waals surface area (Å²) in [5.41, 5.74) is -0.196. The van der Waals surface area contributed by atoms with Crippen LogP contribution < -0.4 is 10.1 Å². The van der Waals surface area contributed by atoms with Crippen molar-refractivity contribution in [3.63, 3.8) is 0 Å². The van der Waals surface area contributed by atoms with Gasteiger partial charge in [0.1, 0.15) is 12.1 Å². The smallest absolute Gasteiger partial charge is 0.329 e. The van der Waals surface area contributed by atoms with Gasteiger partial charge in [-0.3, -0.25) is 4.79 Å². The molecule has 0 saturated carbocycles. The summed E-state index contributed by atoms with van der Waals surface area (Å²) >= 11 is 0. The lowest BCUT2D eigenvalue weighted by Gasteiger charge is -2.25. The van der Waals surface area contributed by atoms with Gasteiger partial charge in [-0.2, -0.15) is 0 Å². The largest absolute Gasteiger partial charge is 0.503 e. The third-order valence-electron chi connectivity index (χ3n) is 4.61. The van der Waals surface area contributed by atoms with Crippen molar-refractivity contribution in [2.24, 2.45) is 5.92 Å². The number of esters is 1. The summed E-state index contributed by atoms with van der Waals surface area (Å²) in [5.74, 6) is -1.00.